The van der Waals surface area contributed by atoms with Crippen LogP contribution in [0.15, 0.2) is 64.3 Å². The topological polar surface area (TPSA) is 52.9 Å². The van der Waals surface area contributed by atoms with Crippen LogP contribution >= 0.6 is 27.5 Å². The number of carbonyl (C=O) groups is 1. The Hall–Kier alpha value is -2.09. The molecule has 0 amide bonds. The van der Waals surface area contributed by atoms with Gasteiger partial charge in [-0.1, -0.05) is 39.7 Å². The van der Waals surface area contributed by atoms with Gasteiger partial charge in [-0.05, 0) is 61.2 Å². The highest BCUT2D eigenvalue weighted by Crippen LogP contribution is 2.30. The number of carbonyl (C=O) groups excluding carboxylic acids is 1. The number of benzene rings is 2. The Labute approximate surface area is 160 Å². The summed E-state index contributed by atoms with van der Waals surface area (Å²) in [5.41, 5.74) is 2.53. The molecule has 3 rings (SSSR count). The molecule has 0 radical (unpaired) electrons. The fourth-order valence-electron chi connectivity index (χ4n) is 2.98. The second-order valence-corrected chi connectivity index (χ2v) is 7.29. The first-order valence-electron chi connectivity index (χ1n) is 8.04. The maximum atomic E-state index is 12.7. The normalized spacial score (nSPS) is 18.8. The molecular weight excluding hydrogens is 400 g/mol. The molecule has 1 unspecified atom stereocenters. The van der Waals surface area contributed by atoms with Crippen molar-refractivity contribution in [3.05, 3.63) is 80.4 Å². The zero-order valence-corrected chi connectivity index (χ0v) is 15.8. The van der Waals surface area contributed by atoms with Gasteiger partial charge in [0.05, 0.1) is 6.04 Å². The quantitative estimate of drug-likeness (QED) is 0.404. The molecule has 0 aromatic heterocycles. The van der Waals surface area contributed by atoms with E-state index in [0.717, 1.165) is 28.6 Å². The molecule has 25 heavy (non-hydrogen) atoms. The van der Waals surface area contributed by atoms with Crippen molar-refractivity contribution in [1.29, 1.82) is 5.26 Å². The highest BCUT2D eigenvalue weighted by molar-refractivity contribution is 9.10. The molecule has 1 N–H and O–H groups in total. The largest absolute Gasteiger partial charge is 0.380 e. The van der Waals surface area contributed by atoms with Gasteiger partial charge in [0.15, 0.2) is 0 Å². The molecule has 5 heteroatoms. The van der Waals surface area contributed by atoms with Crippen molar-refractivity contribution in [1.82, 2.24) is 5.32 Å². The summed E-state index contributed by atoms with van der Waals surface area (Å²) in [7, 11) is 0. The third-order valence-corrected chi connectivity index (χ3v) is 5.07. The molecule has 1 saturated heterocycles. The van der Waals surface area contributed by atoms with Gasteiger partial charge in [-0.25, -0.2) is 0 Å². The van der Waals surface area contributed by atoms with Crippen LogP contribution in [0.5, 0.6) is 0 Å². The number of hydrogen-bond acceptors (Lipinski definition) is 3. The lowest BCUT2D eigenvalue weighted by atomic mass is 9.92. The maximum Gasteiger partial charge on any atom is 0.205 e. The first kappa shape index (κ1) is 17.7. The van der Waals surface area contributed by atoms with Crippen LogP contribution in [-0.2, 0) is 0 Å². The molecule has 1 aliphatic rings. The van der Waals surface area contributed by atoms with E-state index in [4.69, 9.17) is 11.6 Å². The molecule has 1 fully saturated rings. The molecule has 1 aliphatic heterocycles. The standard InChI is InChI=1S/C20H16BrClN2O/c21-15-8-4-13(5-9-15)18-2-1-3-19(24-18)17(12-23)20(25)14-6-10-16(22)11-7-14/h4-11,18,24H,1-3H2. The number of piperidine rings is 1. The van der Waals surface area contributed by atoms with Gasteiger partial charge in [-0.15, -0.1) is 0 Å². The molecule has 0 bridgehead atoms. The highest BCUT2D eigenvalue weighted by Gasteiger charge is 2.24. The minimum Gasteiger partial charge on any atom is -0.380 e. The first-order valence-corrected chi connectivity index (χ1v) is 9.21. The smallest absolute Gasteiger partial charge is 0.205 e. The van der Waals surface area contributed by atoms with Gasteiger partial charge in [-0.3, -0.25) is 4.79 Å². The highest BCUT2D eigenvalue weighted by atomic mass is 79.9. The molecule has 3 nitrogen and oxygen atoms in total. The van der Waals surface area contributed by atoms with Crippen LogP contribution < -0.4 is 5.32 Å². The van der Waals surface area contributed by atoms with Crippen LogP contribution in [0.2, 0.25) is 5.02 Å². The summed E-state index contributed by atoms with van der Waals surface area (Å²) in [5.74, 6) is -0.266. The van der Waals surface area contributed by atoms with Crippen molar-refractivity contribution in [3.8, 4) is 6.07 Å². The molecule has 2 aromatic carbocycles. The van der Waals surface area contributed by atoms with Crippen LogP contribution in [0.25, 0.3) is 0 Å². The molecule has 0 spiro atoms. The number of Topliss-reactive ketones (excluding diaryl/α,β-unsaturated/α-hetero) is 1. The van der Waals surface area contributed by atoms with Crippen LogP contribution in [0.1, 0.15) is 41.2 Å². The van der Waals surface area contributed by atoms with Crippen LogP contribution in [0.4, 0.5) is 0 Å². The third kappa shape index (κ3) is 4.12. The minimum atomic E-state index is -0.266. The fraction of sp³-hybridized carbons (Fsp3) is 0.200. The molecule has 0 aliphatic carbocycles. The summed E-state index contributed by atoms with van der Waals surface area (Å²) < 4.78 is 1.03. The van der Waals surface area contributed by atoms with Crippen molar-refractivity contribution in [2.45, 2.75) is 25.3 Å². The monoisotopic (exact) mass is 414 g/mol. The number of nitrogens with one attached hydrogen (secondary N) is 1. The van der Waals surface area contributed by atoms with Gasteiger partial charge in [-0.2, -0.15) is 5.26 Å². The SMILES string of the molecule is N#CC(C(=O)c1ccc(Cl)cc1)=C1CCCC(c2ccc(Br)cc2)N1. The van der Waals surface area contributed by atoms with Gasteiger partial charge in [0.2, 0.25) is 5.78 Å². The van der Waals surface area contributed by atoms with E-state index in [-0.39, 0.29) is 17.4 Å². The van der Waals surface area contributed by atoms with Gasteiger partial charge in [0, 0.05) is 20.8 Å². The molecule has 126 valence electrons. The second kappa shape index (κ2) is 7.86. The summed E-state index contributed by atoms with van der Waals surface area (Å²) in [5, 5.41) is 13.5. The zero-order valence-electron chi connectivity index (χ0n) is 13.4. The van der Waals surface area contributed by atoms with Crippen molar-refractivity contribution in [2.75, 3.05) is 0 Å². The summed E-state index contributed by atoms with van der Waals surface area (Å²) >= 11 is 9.31. The average Bonchev–Trinajstić information content (AvgIpc) is 2.64. The van der Waals surface area contributed by atoms with Crippen molar-refractivity contribution in [2.24, 2.45) is 0 Å². The fourth-order valence-corrected chi connectivity index (χ4v) is 3.37. The van der Waals surface area contributed by atoms with E-state index in [1.807, 2.05) is 12.1 Å². The maximum absolute atomic E-state index is 12.7. The van der Waals surface area contributed by atoms with Gasteiger partial charge < -0.3 is 5.32 Å². The van der Waals surface area contributed by atoms with E-state index in [9.17, 15) is 10.1 Å². The molecule has 2 aromatic rings. The van der Waals surface area contributed by atoms with E-state index in [2.05, 4.69) is 39.4 Å². The van der Waals surface area contributed by atoms with Crippen molar-refractivity contribution >= 4 is 33.3 Å². The van der Waals surface area contributed by atoms with E-state index in [0.29, 0.717) is 17.0 Å². The number of halogens is 2. The van der Waals surface area contributed by atoms with Gasteiger partial charge in [0.1, 0.15) is 11.6 Å². The lowest BCUT2D eigenvalue weighted by Gasteiger charge is -2.28. The Balaban J connectivity index is 1.88. The zero-order chi connectivity index (χ0) is 17.8. The van der Waals surface area contributed by atoms with Gasteiger partial charge in [0.25, 0.3) is 0 Å². The molecule has 0 saturated carbocycles. The Bertz CT molecular complexity index is 851. The predicted octanol–water partition coefficient (Wildman–Crippen LogP) is 5.58. The number of allylic oxidation sites excluding steroid dienone is 2. The second-order valence-electron chi connectivity index (χ2n) is 5.94. The minimum absolute atomic E-state index is 0.109. The third-order valence-electron chi connectivity index (χ3n) is 4.29. The summed E-state index contributed by atoms with van der Waals surface area (Å²) in [6.45, 7) is 0. The molecule has 1 heterocycles. The average molecular weight is 416 g/mol. The first-order chi connectivity index (χ1) is 12.1. The van der Waals surface area contributed by atoms with E-state index >= 15 is 0 Å². The van der Waals surface area contributed by atoms with Crippen molar-refractivity contribution in [3.63, 3.8) is 0 Å². The van der Waals surface area contributed by atoms with Crippen LogP contribution in [0, 0.1) is 11.3 Å². The van der Waals surface area contributed by atoms with Crippen LogP contribution in [0.3, 0.4) is 0 Å². The van der Waals surface area contributed by atoms with E-state index < -0.39 is 0 Å². The Morgan fingerprint density at radius 3 is 2.48 bits per heavy atom. The van der Waals surface area contributed by atoms with Crippen LogP contribution in [-0.4, -0.2) is 5.78 Å². The lowest BCUT2D eigenvalue weighted by molar-refractivity contribution is 0.103. The van der Waals surface area contributed by atoms with Gasteiger partial charge >= 0.3 is 0 Å². The van der Waals surface area contributed by atoms with Crippen molar-refractivity contribution < 1.29 is 4.79 Å². The Kier molecular flexibility index (Phi) is 5.57. The van der Waals surface area contributed by atoms with E-state index in [1.165, 1.54) is 0 Å². The lowest BCUT2D eigenvalue weighted by Crippen LogP contribution is -2.27. The number of hydrogen-bond donors (Lipinski definition) is 1. The summed E-state index contributed by atoms with van der Waals surface area (Å²) in [6, 6.07) is 16.9. The number of nitrogens with zero attached hydrogens (tertiary/aromatic N) is 1. The Morgan fingerprint density at radius 1 is 1.16 bits per heavy atom. The molecule has 1 atom stereocenters. The molecular formula is C20H16BrClN2O. The predicted molar refractivity (Wildman–Crippen MR) is 102 cm³/mol. The summed E-state index contributed by atoms with van der Waals surface area (Å²) in [4.78, 5) is 12.7. The summed E-state index contributed by atoms with van der Waals surface area (Å²) in [6.07, 6.45) is 2.61. The number of ketones is 1. The Morgan fingerprint density at radius 2 is 1.84 bits per heavy atom. The van der Waals surface area contributed by atoms with E-state index in [1.54, 1.807) is 24.3 Å². The number of rotatable bonds is 3. The number of nitriles is 1.